The monoisotopic (exact) mass is 440 g/mol. The number of imidazole rings is 1. The molecule has 4 aromatic rings. The van der Waals surface area contributed by atoms with Crippen LogP contribution < -0.4 is 16.8 Å². The molecule has 1 amide bonds. The van der Waals surface area contributed by atoms with Crippen molar-refractivity contribution in [1.29, 1.82) is 5.41 Å². The first-order valence-corrected chi connectivity index (χ1v) is 10.6. The van der Waals surface area contributed by atoms with Gasteiger partial charge in [-0.2, -0.15) is 0 Å². The van der Waals surface area contributed by atoms with Crippen LogP contribution in [0, 0.1) is 5.41 Å². The largest absolute Gasteiger partial charge is 0.398 e. The van der Waals surface area contributed by atoms with Crippen molar-refractivity contribution in [2.45, 2.75) is 13.3 Å². The van der Waals surface area contributed by atoms with Gasteiger partial charge in [0.1, 0.15) is 6.20 Å². The number of nitrogen functional groups attached to an aromatic ring is 1. The number of aryl methyl sites for hydroxylation is 1. The number of carbonyl (C=O) groups excluding carboxylic acids is 1. The van der Waals surface area contributed by atoms with Crippen molar-refractivity contribution in [2.24, 2.45) is 5.73 Å². The highest BCUT2D eigenvalue weighted by atomic mass is 16.1. The van der Waals surface area contributed by atoms with Crippen molar-refractivity contribution in [2.75, 3.05) is 12.8 Å². The highest BCUT2D eigenvalue weighted by molar-refractivity contribution is 6.07. The van der Waals surface area contributed by atoms with Gasteiger partial charge in [0.15, 0.2) is 0 Å². The molecular formula is C25H26N7O+. The number of para-hydroxylation sites is 1. The van der Waals surface area contributed by atoms with Crippen LogP contribution in [0.2, 0.25) is 0 Å². The van der Waals surface area contributed by atoms with Gasteiger partial charge in [0.25, 0.3) is 5.91 Å². The lowest BCUT2D eigenvalue weighted by atomic mass is 9.97. The van der Waals surface area contributed by atoms with Crippen LogP contribution in [0.15, 0.2) is 61.2 Å². The zero-order valence-electron chi connectivity index (χ0n) is 18.5. The first-order valence-electron chi connectivity index (χ1n) is 10.6. The second kappa shape index (κ2) is 9.05. The predicted molar refractivity (Wildman–Crippen MR) is 131 cm³/mol. The number of pyridine rings is 1. The van der Waals surface area contributed by atoms with Gasteiger partial charge >= 0.3 is 0 Å². The molecule has 0 aliphatic carbocycles. The van der Waals surface area contributed by atoms with E-state index in [-0.39, 0.29) is 0 Å². The maximum absolute atomic E-state index is 11.6. The van der Waals surface area contributed by atoms with Crippen LogP contribution in [0.5, 0.6) is 0 Å². The quantitative estimate of drug-likeness (QED) is 0.259. The number of hydrogen-bond donors (Lipinski definition) is 4. The summed E-state index contributed by atoms with van der Waals surface area (Å²) >= 11 is 0. The number of hydrogen-bond acceptors (Lipinski definition) is 5. The molecule has 7 N–H and O–H groups in total. The van der Waals surface area contributed by atoms with Crippen molar-refractivity contribution >= 4 is 34.3 Å². The third kappa shape index (κ3) is 4.11. The molecular weight excluding hydrogens is 414 g/mol. The lowest BCUT2D eigenvalue weighted by molar-refractivity contribution is -0.555. The van der Waals surface area contributed by atoms with E-state index >= 15 is 0 Å². The van der Waals surface area contributed by atoms with Crippen LogP contribution >= 0.6 is 0 Å². The van der Waals surface area contributed by atoms with Crippen LogP contribution in [0.3, 0.4) is 0 Å². The molecule has 2 aromatic carbocycles. The molecule has 2 aromatic heterocycles. The van der Waals surface area contributed by atoms with Gasteiger partial charge < -0.3 is 26.8 Å². The Labute approximate surface area is 191 Å². The minimum atomic E-state index is -0.551. The van der Waals surface area contributed by atoms with Gasteiger partial charge in [0.05, 0.1) is 41.4 Å². The number of primary amides is 1. The summed E-state index contributed by atoms with van der Waals surface area (Å²) < 4.78 is 1.92. The molecule has 0 saturated carbocycles. The Bertz CT molecular complexity index is 1400. The van der Waals surface area contributed by atoms with Crippen LogP contribution in [-0.4, -0.2) is 33.7 Å². The molecule has 0 aliphatic heterocycles. The van der Waals surface area contributed by atoms with Crippen molar-refractivity contribution in [3.05, 3.63) is 78.1 Å². The summed E-state index contributed by atoms with van der Waals surface area (Å²) in [4.78, 5) is 21.0. The van der Waals surface area contributed by atoms with E-state index in [9.17, 15) is 4.79 Å². The number of quaternary nitrogens is 1. The summed E-state index contributed by atoms with van der Waals surface area (Å²) in [5, 5.41) is 10.5. The smallest absolute Gasteiger partial charge is 0.250 e. The maximum atomic E-state index is 11.6. The SMILES string of the molecule is CCc1cc(-c2ccc(C(N)=O)c(N)c2)c2cccc(-n3cnc(/C(C=N)=C/[NH2+]C)c3)c2n1. The number of aromatic nitrogens is 3. The lowest BCUT2D eigenvalue weighted by Crippen LogP contribution is -2.72. The number of nitrogens with zero attached hydrogens (tertiary/aromatic N) is 3. The third-order valence-electron chi connectivity index (χ3n) is 5.52. The number of rotatable bonds is 7. The highest BCUT2D eigenvalue weighted by Gasteiger charge is 2.15. The standard InChI is InChI=1S/C25H25N7O/c1-3-17-10-20(15-7-8-19(25(28)33)21(27)9-15)18-5-4-6-23(24(18)31-17)32-13-22(30-14-32)16(11-26)12-29-2/h4-14,26,29H,3,27H2,1-2H3,(H2,28,33)/p+1/b16-12+,26-11?. The van der Waals surface area contributed by atoms with Gasteiger partial charge in [0, 0.05) is 29.2 Å². The first kappa shape index (κ1) is 21.9. The molecule has 33 heavy (non-hydrogen) atoms. The number of carbonyl (C=O) groups is 1. The van der Waals surface area contributed by atoms with Gasteiger partial charge in [-0.25, -0.2) is 4.98 Å². The van der Waals surface area contributed by atoms with Crippen LogP contribution in [0.25, 0.3) is 33.3 Å². The molecule has 0 fully saturated rings. The minimum absolute atomic E-state index is 0.304. The Kier molecular flexibility index (Phi) is 6.01. The topological polar surface area (TPSA) is 140 Å². The molecule has 4 rings (SSSR count). The summed E-state index contributed by atoms with van der Waals surface area (Å²) in [6.07, 6.45) is 7.54. The van der Waals surface area contributed by atoms with E-state index in [1.165, 1.54) is 6.21 Å². The molecule has 0 spiro atoms. The van der Waals surface area contributed by atoms with Gasteiger partial charge in [-0.1, -0.05) is 25.1 Å². The Morgan fingerprint density at radius 1 is 1.24 bits per heavy atom. The molecule has 2 heterocycles. The fourth-order valence-corrected chi connectivity index (χ4v) is 3.86. The minimum Gasteiger partial charge on any atom is -0.398 e. The zero-order valence-corrected chi connectivity index (χ0v) is 18.5. The van der Waals surface area contributed by atoms with Crippen LogP contribution in [-0.2, 0) is 6.42 Å². The molecule has 0 aliphatic rings. The fraction of sp³-hybridized carbons (Fsp3) is 0.120. The normalized spacial score (nSPS) is 11.6. The van der Waals surface area contributed by atoms with E-state index in [0.717, 1.165) is 45.4 Å². The van der Waals surface area contributed by atoms with Crippen molar-refractivity contribution < 1.29 is 10.1 Å². The Morgan fingerprint density at radius 2 is 2.06 bits per heavy atom. The number of nitrogens with two attached hydrogens (primary N) is 3. The molecule has 0 atom stereocenters. The number of nitrogens with one attached hydrogen (secondary N) is 1. The van der Waals surface area contributed by atoms with E-state index in [1.807, 2.05) is 53.6 Å². The number of benzene rings is 2. The molecule has 0 bridgehead atoms. The number of amides is 1. The summed E-state index contributed by atoms with van der Waals surface area (Å²) in [6.45, 7) is 2.06. The van der Waals surface area contributed by atoms with E-state index < -0.39 is 5.91 Å². The number of anilines is 1. The molecule has 8 nitrogen and oxygen atoms in total. The van der Waals surface area contributed by atoms with Gasteiger partial charge in [-0.05, 0) is 41.8 Å². The Hall–Kier alpha value is -4.30. The number of allylic oxidation sites excluding steroid dienone is 1. The average molecular weight is 441 g/mol. The van der Waals surface area contributed by atoms with Crippen molar-refractivity contribution in [1.82, 2.24) is 14.5 Å². The second-order valence-corrected chi connectivity index (χ2v) is 7.62. The first-order chi connectivity index (χ1) is 16.0. The highest BCUT2D eigenvalue weighted by Crippen LogP contribution is 2.33. The summed E-state index contributed by atoms with van der Waals surface area (Å²) in [5.41, 5.74) is 18.1. The van der Waals surface area contributed by atoms with E-state index in [0.29, 0.717) is 16.9 Å². The van der Waals surface area contributed by atoms with Crippen LogP contribution in [0.4, 0.5) is 5.69 Å². The fourth-order valence-electron chi connectivity index (χ4n) is 3.86. The van der Waals surface area contributed by atoms with Crippen molar-refractivity contribution in [3.63, 3.8) is 0 Å². The average Bonchev–Trinajstić information content (AvgIpc) is 3.30. The predicted octanol–water partition coefficient (Wildman–Crippen LogP) is 2.51. The number of fused-ring (bicyclic) bond motifs is 1. The summed E-state index contributed by atoms with van der Waals surface area (Å²) in [7, 11) is 1.91. The Morgan fingerprint density at radius 3 is 2.73 bits per heavy atom. The molecule has 0 saturated heterocycles. The maximum Gasteiger partial charge on any atom is 0.250 e. The second-order valence-electron chi connectivity index (χ2n) is 7.62. The van der Waals surface area contributed by atoms with Gasteiger partial charge in [0.2, 0.25) is 0 Å². The van der Waals surface area contributed by atoms with E-state index in [1.54, 1.807) is 18.5 Å². The summed E-state index contributed by atoms with van der Waals surface area (Å²) in [5.74, 6) is -0.551. The molecule has 0 unspecified atom stereocenters. The third-order valence-corrected chi connectivity index (χ3v) is 5.52. The van der Waals surface area contributed by atoms with Gasteiger partial charge in [-0.15, -0.1) is 0 Å². The van der Waals surface area contributed by atoms with Crippen molar-refractivity contribution in [3.8, 4) is 16.8 Å². The van der Waals surface area contributed by atoms with Gasteiger partial charge in [-0.3, -0.25) is 9.78 Å². The van der Waals surface area contributed by atoms with E-state index in [2.05, 4.69) is 18.0 Å². The van der Waals surface area contributed by atoms with E-state index in [4.69, 9.17) is 21.9 Å². The Balaban J connectivity index is 1.91. The zero-order chi connectivity index (χ0) is 23.5. The molecule has 8 heteroatoms. The molecule has 166 valence electrons. The summed E-state index contributed by atoms with van der Waals surface area (Å²) in [6, 6.07) is 13.3. The van der Waals surface area contributed by atoms with Crippen LogP contribution in [0.1, 0.15) is 28.7 Å². The molecule has 0 radical (unpaired) electrons. The lowest BCUT2D eigenvalue weighted by Gasteiger charge is -2.14.